The minimum Gasteiger partial charge on any atom is -0.236 e. The van der Waals surface area contributed by atoms with E-state index in [9.17, 15) is 0 Å². The van der Waals surface area contributed by atoms with E-state index in [1.54, 1.807) is 0 Å². The molecule has 0 bridgehead atoms. The maximum absolute atomic E-state index is 4.78. The number of unbranched alkanes of at least 4 members (excludes halogenated alkanes) is 4. The Hall–Kier alpha value is -1.70. The maximum Gasteiger partial charge on any atom is 0.159 e. The molecule has 28 heavy (non-hydrogen) atoms. The van der Waals surface area contributed by atoms with Crippen LogP contribution in [-0.2, 0) is 6.42 Å². The molecule has 0 spiro atoms. The van der Waals surface area contributed by atoms with Crippen molar-refractivity contribution in [2.24, 2.45) is 5.92 Å². The van der Waals surface area contributed by atoms with Crippen LogP contribution in [0.15, 0.2) is 36.7 Å². The quantitative estimate of drug-likeness (QED) is 0.395. The van der Waals surface area contributed by atoms with E-state index in [1.807, 2.05) is 0 Å². The van der Waals surface area contributed by atoms with Crippen LogP contribution in [0, 0.1) is 5.92 Å². The third-order valence-electron chi connectivity index (χ3n) is 6.51. The summed E-state index contributed by atoms with van der Waals surface area (Å²) >= 11 is 0. The smallest absolute Gasteiger partial charge is 0.159 e. The molecular weight excluding hydrogens is 340 g/mol. The van der Waals surface area contributed by atoms with E-state index < -0.39 is 0 Å². The first kappa shape index (κ1) is 21.0. The highest BCUT2D eigenvalue weighted by molar-refractivity contribution is 5.60. The van der Waals surface area contributed by atoms with Gasteiger partial charge in [-0.25, -0.2) is 9.97 Å². The minimum absolute atomic E-state index is 0.663. The van der Waals surface area contributed by atoms with E-state index in [1.165, 1.54) is 87.3 Å². The van der Waals surface area contributed by atoms with Gasteiger partial charge in [-0.1, -0.05) is 76.6 Å². The van der Waals surface area contributed by atoms with Crippen LogP contribution in [0.25, 0.3) is 11.4 Å². The molecule has 1 heterocycles. The van der Waals surface area contributed by atoms with Crippen molar-refractivity contribution >= 4 is 0 Å². The van der Waals surface area contributed by atoms with Gasteiger partial charge in [0.1, 0.15) is 0 Å². The van der Waals surface area contributed by atoms with Crippen LogP contribution < -0.4 is 0 Å². The summed E-state index contributed by atoms with van der Waals surface area (Å²) in [4.78, 5) is 9.56. The van der Waals surface area contributed by atoms with Gasteiger partial charge in [-0.3, -0.25) is 0 Å². The molecule has 0 saturated heterocycles. The molecule has 0 unspecified atom stereocenters. The summed E-state index contributed by atoms with van der Waals surface area (Å²) in [7, 11) is 0. The van der Waals surface area contributed by atoms with E-state index in [2.05, 4.69) is 50.5 Å². The summed E-state index contributed by atoms with van der Waals surface area (Å²) in [6.07, 6.45) is 20.1. The second kappa shape index (κ2) is 11.3. The van der Waals surface area contributed by atoms with E-state index in [4.69, 9.17) is 9.97 Å². The Morgan fingerprint density at radius 1 is 0.821 bits per heavy atom. The van der Waals surface area contributed by atoms with Crippen molar-refractivity contribution in [3.05, 3.63) is 47.8 Å². The maximum atomic E-state index is 4.78. The number of hydrogen-bond donors (Lipinski definition) is 0. The average Bonchev–Trinajstić information content (AvgIpc) is 2.75. The van der Waals surface area contributed by atoms with Crippen LogP contribution >= 0.6 is 0 Å². The van der Waals surface area contributed by atoms with Crippen LogP contribution in [0.5, 0.6) is 0 Å². The molecule has 2 heteroatoms. The van der Waals surface area contributed by atoms with Crippen molar-refractivity contribution in [1.29, 1.82) is 0 Å². The van der Waals surface area contributed by atoms with E-state index in [0.29, 0.717) is 5.92 Å². The molecule has 0 atom stereocenters. The third kappa shape index (κ3) is 5.90. The van der Waals surface area contributed by atoms with Crippen molar-refractivity contribution in [3.63, 3.8) is 0 Å². The fraction of sp³-hybridized carbons (Fsp3) is 0.615. The molecule has 1 aliphatic carbocycles. The molecule has 0 aliphatic heterocycles. The molecule has 1 aromatic carbocycles. The third-order valence-corrected chi connectivity index (χ3v) is 6.51. The zero-order chi connectivity index (χ0) is 19.6. The molecule has 1 saturated carbocycles. The Kier molecular flexibility index (Phi) is 8.51. The van der Waals surface area contributed by atoms with Crippen LogP contribution in [0.1, 0.15) is 102 Å². The molecule has 0 N–H and O–H groups in total. The van der Waals surface area contributed by atoms with Crippen molar-refractivity contribution < 1.29 is 0 Å². The lowest BCUT2D eigenvalue weighted by Gasteiger charge is -2.28. The van der Waals surface area contributed by atoms with Gasteiger partial charge in [0.15, 0.2) is 5.82 Å². The van der Waals surface area contributed by atoms with Crippen molar-refractivity contribution in [2.75, 3.05) is 0 Å². The number of aryl methyl sites for hydroxylation is 1. The highest BCUT2D eigenvalue weighted by Crippen LogP contribution is 2.37. The second-order valence-electron chi connectivity index (χ2n) is 8.67. The summed E-state index contributed by atoms with van der Waals surface area (Å²) in [6.45, 7) is 4.55. The van der Waals surface area contributed by atoms with Gasteiger partial charge >= 0.3 is 0 Å². The molecular formula is C26H38N2. The highest BCUT2D eigenvalue weighted by atomic mass is 14.9. The topological polar surface area (TPSA) is 25.8 Å². The van der Waals surface area contributed by atoms with E-state index in [-0.39, 0.29) is 0 Å². The molecule has 3 rings (SSSR count). The van der Waals surface area contributed by atoms with Gasteiger partial charge in [0.05, 0.1) is 0 Å². The van der Waals surface area contributed by atoms with Crippen molar-refractivity contribution in [2.45, 2.75) is 96.8 Å². The summed E-state index contributed by atoms with van der Waals surface area (Å²) in [5.41, 5.74) is 3.94. The van der Waals surface area contributed by atoms with E-state index >= 15 is 0 Å². The molecule has 1 aliphatic rings. The van der Waals surface area contributed by atoms with Gasteiger partial charge < -0.3 is 0 Å². The lowest BCUT2D eigenvalue weighted by molar-refractivity contribution is 0.302. The van der Waals surface area contributed by atoms with Gasteiger partial charge in [-0.15, -0.1) is 0 Å². The normalized spacial score (nSPS) is 19.6. The summed E-state index contributed by atoms with van der Waals surface area (Å²) in [6, 6.07) is 8.66. The summed E-state index contributed by atoms with van der Waals surface area (Å²) in [5.74, 6) is 2.51. The summed E-state index contributed by atoms with van der Waals surface area (Å²) in [5, 5.41) is 0. The van der Waals surface area contributed by atoms with Gasteiger partial charge in [-0.2, -0.15) is 0 Å². The molecule has 0 amide bonds. The molecule has 152 valence electrons. The first-order chi connectivity index (χ1) is 13.8. The Morgan fingerprint density at radius 3 is 2.21 bits per heavy atom. The van der Waals surface area contributed by atoms with Gasteiger partial charge in [0, 0.05) is 18.0 Å². The number of rotatable bonds is 10. The summed E-state index contributed by atoms with van der Waals surface area (Å²) < 4.78 is 0. The first-order valence-electron chi connectivity index (χ1n) is 11.7. The SMILES string of the molecule is CCCCCc1ccccc1-c1ncc([C@H]2CC[C@H](CCCCC)CC2)cn1. The predicted octanol–water partition coefficient (Wildman–Crippen LogP) is 7.73. The number of benzene rings is 1. The number of nitrogens with zero attached hydrogens (tertiary/aromatic N) is 2. The Labute approximate surface area is 172 Å². The zero-order valence-electron chi connectivity index (χ0n) is 18.0. The van der Waals surface area contributed by atoms with Crippen LogP contribution in [0.4, 0.5) is 0 Å². The molecule has 2 nitrogen and oxygen atoms in total. The molecule has 1 aromatic heterocycles. The first-order valence-corrected chi connectivity index (χ1v) is 11.7. The lowest BCUT2D eigenvalue weighted by Crippen LogP contribution is -2.14. The Bertz CT molecular complexity index is 684. The average molecular weight is 379 g/mol. The molecule has 2 aromatic rings. The van der Waals surface area contributed by atoms with Gasteiger partial charge in [0.2, 0.25) is 0 Å². The van der Waals surface area contributed by atoms with Crippen molar-refractivity contribution in [3.8, 4) is 11.4 Å². The number of aromatic nitrogens is 2. The largest absolute Gasteiger partial charge is 0.236 e. The lowest BCUT2D eigenvalue weighted by atomic mass is 9.77. The fourth-order valence-corrected chi connectivity index (χ4v) is 4.68. The second-order valence-corrected chi connectivity index (χ2v) is 8.67. The van der Waals surface area contributed by atoms with Crippen LogP contribution in [0.2, 0.25) is 0 Å². The van der Waals surface area contributed by atoms with E-state index in [0.717, 1.165) is 18.2 Å². The van der Waals surface area contributed by atoms with Crippen LogP contribution in [0.3, 0.4) is 0 Å². The predicted molar refractivity (Wildman–Crippen MR) is 120 cm³/mol. The molecule has 0 radical (unpaired) electrons. The van der Waals surface area contributed by atoms with Crippen molar-refractivity contribution in [1.82, 2.24) is 9.97 Å². The monoisotopic (exact) mass is 378 g/mol. The van der Waals surface area contributed by atoms with Gasteiger partial charge in [0.25, 0.3) is 0 Å². The molecule has 1 fully saturated rings. The fourth-order valence-electron chi connectivity index (χ4n) is 4.68. The minimum atomic E-state index is 0.663. The van der Waals surface area contributed by atoms with Gasteiger partial charge in [-0.05, 0) is 61.5 Å². The van der Waals surface area contributed by atoms with Crippen LogP contribution in [-0.4, -0.2) is 9.97 Å². The Morgan fingerprint density at radius 2 is 1.50 bits per heavy atom. The Balaban J connectivity index is 1.59. The zero-order valence-corrected chi connectivity index (χ0v) is 18.0. The number of hydrogen-bond acceptors (Lipinski definition) is 2. The highest BCUT2D eigenvalue weighted by Gasteiger charge is 2.22. The standard InChI is InChI=1S/C26H38N2/c1-3-5-7-11-21-15-17-22(18-16-21)24-19-27-26(28-20-24)25-14-10-9-13-23(25)12-8-6-4-2/h9-10,13-14,19-22H,3-8,11-12,15-18H2,1-2H3/t21-,22-.